The molecule has 102 valence electrons. The molecule has 0 bridgehead atoms. The highest BCUT2D eigenvalue weighted by Crippen LogP contribution is 2.41. The lowest BCUT2D eigenvalue weighted by molar-refractivity contribution is 0.371. The summed E-state index contributed by atoms with van der Waals surface area (Å²) in [6, 6.07) is 4.07. The van der Waals surface area contributed by atoms with Crippen molar-refractivity contribution in [2.75, 3.05) is 0 Å². The summed E-state index contributed by atoms with van der Waals surface area (Å²) in [6.45, 7) is 3.67. The fourth-order valence-electron chi connectivity index (χ4n) is 1.53. The van der Waals surface area contributed by atoms with Crippen LogP contribution in [0.1, 0.15) is 30.9 Å². The van der Waals surface area contributed by atoms with Gasteiger partial charge < -0.3 is 19.6 Å². The summed E-state index contributed by atoms with van der Waals surface area (Å²) in [5.41, 5.74) is 0.868. The van der Waals surface area contributed by atoms with Crippen LogP contribution in [0.25, 0.3) is 0 Å². The number of benzene rings is 1. The second-order valence-electron chi connectivity index (χ2n) is 4.45. The zero-order valence-corrected chi connectivity index (χ0v) is 11.8. The second-order valence-corrected chi connectivity index (χ2v) is 7.70. The third-order valence-corrected chi connectivity index (χ3v) is 4.10. The molecule has 0 heterocycles. The van der Waals surface area contributed by atoms with Gasteiger partial charge in [-0.25, -0.2) is 0 Å². The molecule has 0 saturated carbocycles. The van der Waals surface area contributed by atoms with Crippen molar-refractivity contribution in [3.8, 4) is 0 Å². The Balaban J connectivity index is 3.32. The Morgan fingerprint density at radius 3 is 2.00 bits per heavy atom. The Morgan fingerprint density at radius 1 is 1.06 bits per heavy atom. The van der Waals surface area contributed by atoms with Crippen molar-refractivity contribution >= 4 is 20.5 Å². The molecule has 8 heteroatoms. The molecule has 1 aromatic carbocycles. The predicted molar refractivity (Wildman–Crippen MR) is 68.0 cm³/mol. The van der Waals surface area contributed by atoms with Crippen molar-refractivity contribution in [3.63, 3.8) is 0 Å². The van der Waals surface area contributed by atoms with Gasteiger partial charge in [0.05, 0.1) is 11.5 Å². The Kier molecular flexibility index (Phi) is 4.55. The average Bonchev–Trinajstić information content (AvgIpc) is 2.12. The zero-order valence-electron chi connectivity index (χ0n) is 10.0. The van der Waals surface area contributed by atoms with Crippen LogP contribution in [-0.2, 0) is 15.3 Å². The predicted octanol–water partition coefficient (Wildman–Crippen LogP) is 1.29. The fourth-order valence-corrected chi connectivity index (χ4v) is 2.84. The van der Waals surface area contributed by atoms with Crippen LogP contribution < -0.4 is 5.30 Å². The largest absolute Gasteiger partial charge is 0.356 e. The van der Waals surface area contributed by atoms with Crippen LogP contribution in [-0.4, -0.2) is 19.6 Å². The van der Waals surface area contributed by atoms with Crippen molar-refractivity contribution in [2.45, 2.75) is 25.9 Å². The molecule has 0 atom stereocenters. The molecule has 0 aromatic heterocycles. The lowest BCUT2D eigenvalue weighted by Gasteiger charge is -2.13. The van der Waals surface area contributed by atoms with E-state index in [2.05, 4.69) is 0 Å². The van der Waals surface area contributed by atoms with Crippen LogP contribution in [0.5, 0.6) is 0 Å². The Morgan fingerprint density at radius 2 is 1.61 bits per heavy atom. The van der Waals surface area contributed by atoms with Crippen LogP contribution in [0.4, 0.5) is 0 Å². The first-order valence-corrected chi connectivity index (χ1v) is 8.64. The van der Waals surface area contributed by atoms with Gasteiger partial charge >= 0.3 is 15.2 Å². The first kappa shape index (κ1) is 15.6. The first-order valence-electron chi connectivity index (χ1n) is 5.23. The Hall–Kier alpha value is -0.480. The highest BCUT2D eigenvalue weighted by Gasteiger charge is 2.22. The van der Waals surface area contributed by atoms with E-state index in [0.717, 1.165) is 6.07 Å². The molecule has 0 unspecified atom stereocenters. The molecule has 0 aliphatic rings. The van der Waals surface area contributed by atoms with E-state index in [1.807, 2.05) is 13.8 Å². The van der Waals surface area contributed by atoms with E-state index in [-0.39, 0.29) is 16.8 Å². The summed E-state index contributed by atoms with van der Waals surface area (Å²) in [5, 5.41) is -0.211. The number of hydrogen-bond donors (Lipinski definition) is 4. The van der Waals surface area contributed by atoms with Crippen LogP contribution >= 0.6 is 15.2 Å². The van der Waals surface area contributed by atoms with Gasteiger partial charge in [-0.15, -0.1) is 0 Å². The molecular formula is C10H16O6P2. The molecule has 18 heavy (non-hydrogen) atoms. The standard InChI is InChI=1S/C10H16O6P2/c1-7(2)9-3-8(6-17(11,12)13)4-10(5-9)18(14,15)16/h3-5,7H,6H2,1-2H3,(H2,11,12,13)(H2,14,15,16). The van der Waals surface area contributed by atoms with Crippen molar-refractivity contribution < 1.29 is 28.7 Å². The minimum absolute atomic E-state index is 0.00650. The Bertz CT molecular complexity index is 527. The zero-order chi connectivity index (χ0) is 14.1. The summed E-state index contributed by atoms with van der Waals surface area (Å²) < 4.78 is 22.2. The average molecular weight is 294 g/mol. The van der Waals surface area contributed by atoms with Gasteiger partial charge in [-0.05, 0) is 29.2 Å². The van der Waals surface area contributed by atoms with E-state index in [9.17, 15) is 9.13 Å². The normalized spacial score (nSPS) is 13.1. The van der Waals surface area contributed by atoms with Gasteiger partial charge in [-0.2, -0.15) is 0 Å². The van der Waals surface area contributed by atoms with Crippen LogP contribution in [0.3, 0.4) is 0 Å². The van der Waals surface area contributed by atoms with Gasteiger partial charge in [0, 0.05) is 0 Å². The summed E-state index contributed by atoms with van der Waals surface area (Å²) in [5.74, 6) is 0.00650. The van der Waals surface area contributed by atoms with Crippen LogP contribution in [0.2, 0.25) is 0 Å². The van der Waals surface area contributed by atoms with E-state index in [4.69, 9.17) is 19.6 Å². The SMILES string of the molecule is CC(C)c1cc(CP(=O)(O)O)cc(P(=O)(O)O)c1. The van der Waals surface area contributed by atoms with Crippen molar-refractivity contribution in [1.82, 2.24) is 0 Å². The van der Waals surface area contributed by atoms with E-state index in [1.54, 1.807) is 6.07 Å². The second kappa shape index (κ2) is 5.25. The van der Waals surface area contributed by atoms with E-state index >= 15 is 0 Å². The molecule has 4 N–H and O–H groups in total. The van der Waals surface area contributed by atoms with Crippen molar-refractivity contribution in [3.05, 3.63) is 29.3 Å². The maximum absolute atomic E-state index is 11.2. The summed E-state index contributed by atoms with van der Waals surface area (Å²) >= 11 is 0. The van der Waals surface area contributed by atoms with E-state index < -0.39 is 21.4 Å². The molecule has 1 rings (SSSR count). The molecule has 0 spiro atoms. The van der Waals surface area contributed by atoms with Crippen molar-refractivity contribution in [2.24, 2.45) is 0 Å². The van der Waals surface area contributed by atoms with E-state index in [1.165, 1.54) is 6.07 Å². The van der Waals surface area contributed by atoms with Crippen LogP contribution in [0, 0.1) is 0 Å². The minimum Gasteiger partial charge on any atom is -0.324 e. The molecule has 0 saturated heterocycles. The monoisotopic (exact) mass is 294 g/mol. The minimum atomic E-state index is -4.43. The van der Waals surface area contributed by atoms with Gasteiger partial charge in [0.25, 0.3) is 0 Å². The maximum Gasteiger partial charge on any atom is 0.356 e. The highest BCUT2D eigenvalue weighted by atomic mass is 31.2. The molecule has 6 nitrogen and oxygen atoms in total. The van der Waals surface area contributed by atoms with E-state index in [0.29, 0.717) is 5.56 Å². The lowest BCUT2D eigenvalue weighted by Crippen LogP contribution is -2.08. The number of rotatable bonds is 4. The van der Waals surface area contributed by atoms with Gasteiger partial charge in [0.2, 0.25) is 0 Å². The molecular weight excluding hydrogens is 278 g/mol. The third kappa shape index (κ3) is 4.65. The van der Waals surface area contributed by atoms with Gasteiger partial charge in [-0.1, -0.05) is 19.9 Å². The molecule has 0 radical (unpaired) electrons. The van der Waals surface area contributed by atoms with Crippen molar-refractivity contribution in [1.29, 1.82) is 0 Å². The Labute approximate surface area is 105 Å². The molecule has 0 amide bonds. The summed E-state index contributed by atoms with van der Waals surface area (Å²) in [4.78, 5) is 36.1. The lowest BCUT2D eigenvalue weighted by atomic mass is 10.0. The third-order valence-electron chi connectivity index (χ3n) is 2.39. The topological polar surface area (TPSA) is 115 Å². The fraction of sp³-hybridized carbons (Fsp3) is 0.400. The summed E-state index contributed by atoms with van der Waals surface area (Å²) in [6.07, 6.45) is -0.527. The molecule has 0 aliphatic heterocycles. The first-order chi connectivity index (χ1) is 7.99. The maximum atomic E-state index is 11.2. The van der Waals surface area contributed by atoms with Gasteiger partial charge in [0.15, 0.2) is 0 Å². The highest BCUT2D eigenvalue weighted by molar-refractivity contribution is 7.60. The molecule has 0 aliphatic carbocycles. The quantitative estimate of drug-likeness (QED) is 0.622. The van der Waals surface area contributed by atoms with Crippen LogP contribution in [0.15, 0.2) is 18.2 Å². The van der Waals surface area contributed by atoms with Gasteiger partial charge in [-0.3, -0.25) is 9.13 Å². The van der Waals surface area contributed by atoms with Gasteiger partial charge in [0.1, 0.15) is 0 Å². The molecule has 1 aromatic rings. The molecule has 0 fully saturated rings. The summed E-state index contributed by atoms with van der Waals surface area (Å²) in [7, 11) is -8.69. The smallest absolute Gasteiger partial charge is 0.324 e. The number of hydrogen-bond acceptors (Lipinski definition) is 2.